The summed E-state index contributed by atoms with van der Waals surface area (Å²) in [5.74, 6) is 1.08. The second-order valence-electron chi connectivity index (χ2n) is 6.50. The lowest BCUT2D eigenvalue weighted by Gasteiger charge is -2.09. The topological polar surface area (TPSA) is 60.1 Å². The van der Waals surface area contributed by atoms with Crippen LogP contribution in [0.1, 0.15) is 21.8 Å². The van der Waals surface area contributed by atoms with Crippen LogP contribution >= 0.6 is 23.2 Å². The van der Waals surface area contributed by atoms with Crippen molar-refractivity contribution in [2.75, 3.05) is 0 Å². The molecule has 0 fully saturated rings. The summed E-state index contributed by atoms with van der Waals surface area (Å²) in [6.45, 7) is 2.26. The SMILES string of the molecule is Cc1ccc(-c2cc(C(=O)NCc3ccccc3)n(-c3ccc(Cl)c(Cl)c3)n2)o1. The number of nitrogens with zero attached hydrogens (tertiary/aromatic N) is 2. The normalized spacial score (nSPS) is 10.9. The highest BCUT2D eigenvalue weighted by molar-refractivity contribution is 6.42. The molecule has 2 aromatic carbocycles. The van der Waals surface area contributed by atoms with Crippen molar-refractivity contribution >= 4 is 29.1 Å². The first kappa shape index (κ1) is 19.3. The minimum atomic E-state index is -0.262. The summed E-state index contributed by atoms with van der Waals surface area (Å²) >= 11 is 12.2. The Morgan fingerprint density at radius 3 is 2.52 bits per heavy atom. The summed E-state index contributed by atoms with van der Waals surface area (Å²) in [5.41, 5.74) is 2.54. The third kappa shape index (κ3) is 4.21. The molecule has 0 bridgehead atoms. The zero-order valence-electron chi connectivity index (χ0n) is 15.5. The van der Waals surface area contributed by atoms with Crippen LogP contribution in [0.4, 0.5) is 0 Å². The number of rotatable bonds is 5. The van der Waals surface area contributed by atoms with Crippen LogP contribution in [0.15, 0.2) is 71.1 Å². The van der Waals surface area contributed by atoms with Gasteiger partial charge in [-0.25, -0.2) is 4.68 Å². The van der Waals surface area contributed by atoms with E-state index in [9.17, 15) is 4.79 Å². The van der Waals surface area contributed by atoms with Crippen molar-refractivity contribution in [3.05, 3.63) is 93.8 Å². The maximum Gasteiger partial charge on any atom is 0.270 e. The van der Waals surface area contributed by atoms with Crippen LogP contribution in [-0.2, 0) is 6.54 Å². The molecule has 4 rings (SSSR count). The van der Waals surface area contributed by atoms with E-state index >= 15 is 0 Å². The van der Waals surface area contributed by atoms with Crippen LogP contribution in [0, 0.1) is 6.92 Å². The molecule has 0 saturated heterocycles. The van der Waals surface area contributed by atoms with Gasteiger partial charge < -0.3 is 9.73 Å². The molecule has 0 aliphatic carbocycles. The van der Waals surface area contributed by atoms with Gasteiger partial charge in [0.25, 0.3) is 5.91 Å². The van der Waals surface area contributed by atoms with Gasteiger partial charge >= 0.3 is 0 Å². The highest BCUT2D eigenvalue weighted by Gasteiger charge is 2.19. The minimum absolute atomic E-state index is 0.262. The van der Waals surface area contributed by atoms with E-state index in [4.69, 9.17) is 27.6 Å². The van der Waals surface area contributed by atoms with Crippen molar-refractivity contribution in [3.63, 3.8) is 0 Å². The molecule has 2 heterocycles. The number of hydrogen-bond donors (Lipinski definition) is 1. The number of halogens is 2. The quantitative estimate of drug-likeness (QED) is 0.447. The predicted octanol–water partition coefficient (Wildman–Crippen LogP) is 5.68. The summed E-state index contributed by atoms with van der Waals surface area (Å²) in [4.78, 5) is 13.0. The molecule has 5 nitrogen and oxygen atoms in total. The number of furan rings is 1. The van der Waals surface area contributed by atoms with Crippen LogP contribution in [0.2, 0.25) is 10.0 Å². The van der Waals surface area contributed by atoms with E-state index in [2.05, 4.69) is 10.4 Å². The van der Waals surface area contributed by atoms with Crippen LogP contribution in [0.25, 0.3) is 17.1 Å². The van der Waals surface area contributed by atoms with Crippen LogP contribution in [-0.4, -0.2) is 15.7 Å². The summed E-state index contributed by atoms with van der Waals surface area (Å²) in [6, 6.07) is 20.2. The van der Waals surface area contributed by atoms with Crippen molar-refractivity contribution in [3.8, 4) is 17.1 Å². The van der Waals surface area contributed by atoms with Crippen molar-refractivity contribution in [2.24, 2.45) is 0 Å². The van der Waals surface area contributed by atoms with Gasteiger partial charge in [0.1, 0.15) is 17.1 Å². The minimum Gasteiger partial charge on any atom is -0.460 e. The Bertz CT molecular complexity index is 1170. The van der Waals surface area contributed by atoms with Gasteiger partial charge in [0, 0.05) is 12.6 Å². The molecule has 4 aromatic rings. The zero-order chi connectivity index (χ0) is 20.4. The fraction of sp³-hybridized carbons (Fsp3) is 0.0909. The monoisotopic (exact) mass is 425 g/mol. The van der Waals surface area contributed by atoms with Crippen molar-refractivity contribution in [1.29, 1.82) is 0 Å². The third-order valence-electron chi connectivity index (χ3n) is 4.38. The standard InChI is InChI=1S/C22H17Cl2N3O2/c1-14-7-10-21(29-14)19-12-20(22(28)25-13-15-5-3-2-4-6-15)27(26-19)16-8-9-17(23)18(24)11-16/h2-12H,13H2,1H3,(H,25,28). The average Bonchev–Trinajstić information content (AvgIpc) is 3.35. The van der Waals surface area contributed by atoms with Crippen LogP contribution < -0.4 is 5.32 Å². The Labute approximate surface area is 177 Å². The van der Waals surface area contributed by atoms with E-state index < -0.39 is 0 Å². The molecule has 146 valence electrons. The smallest absolute Gasteiger partial charge is 0.270 e. The fourth-order valence-corrected chi connectivity index (χ4v) is 3.21. The Morgan fingerprint density at radius 1 is 1.03 bits per heavy atom. The molecule has 0 aliphatic heterocycles. The van der Waals surface area contributed by atoms with Gasteiger partial charge in [0.15, 0.2) is 5.76 Å². The van der Waals surface area contributed by atoms with Crippen molar-refractivity contribution in [2.45, 2.75) is 13.5 Å². The Morgan fingerprint density at radius 2 is 1.83 bits per heavy atom. The van der Waals surface area contributed by atoms with Gasteiger partial charge in [0.05, 0.1) is 15.7 Å². The number of carbonyl (C=O) groups excluding carboxylic acids is 1. The highest BCUT2D eigenvalue weighted by atomic mass is 35.5. The Kier molecular flexibility index (Phi) is 5.43. The molecule has 1 N–H and O–H groups in total. The summed E-state index contributed by atoms with van der Waals surface area (Å²) < 4.78 is 7.21. The zero-order valence-corrected chi connectivity index (χ0v) is 17.0. The molecule has 0 spiro atoms. The maximum atomic E-state index is 13.0. The number of amides is 1. The molecule has 0 radical (unpaired) electrons. The summed E-state index contributed by atoms with van der Waals surface area (Å²) in [7, 11) is 0. The van der Waals surface area contributed by atoms with E-state index in [0.717, 1.165) is 11.3 Å². The Hall–Kier alpha value is -3.02. The number of aryl methyl sites for hydroxylation is 1. The van der Waals surface area contributed by atoms with E-state index in [1.807, 2.05) is 49.4 Å². The molecule has 0 unspecified atom stereocenters. The maximum absolute atomic E-state index is 13.0. The molecule has 2 aromatic heterocycles. The first-order valence-electron chi connectivity index (χ1n) is 8.96. The number of aromatic nitrogens is 2. The molecule has 0 saturated carbocycles. The molecular formula is C22H17Cl2N3O2. The molecule has 0 atom stereocenters. The van der Waals surface area contributed by atoms with E-state index in [-0.39, 0.29) is 5.91 Å². The summed E-state index contributed by atoms with van der Waals surface area (Å²) in [6.07, 6.45) is 0. The molecule has 29 heavy (non-hydrogen) atoms. The lowest BCUT2D eigenvalue weighted by Crippen LogP contribution is -2.25. The molecule has 7 heteroatoms. The largest absolute Gasteiger partial charge is 0.460 e. The van der Waals surface area contributed by atoms with Crippen LogP contribution in [0.5, 0.6) is 0 Å². The highest BCUT2D eigenvalue weighted by Crippen LogP contribution is 2.27. The van der Waals surface area contributed by atoms with E-state index in [0.29, 0.717) is 39.4 Å². The van der Waals surface area contributed by atoms with Gasteiger partial charge in [0.2, 0.25) is 0 Å². The lowest BCUT2D eigenvalue weighted by atomic mass is 10.2. The second-order valence-corrected chi connectivity index (χ2v) is 7.32. The van der Waals surface area contributed by atoms with Gasteiger partial charge in [-0.05, 0) is 42.8 Å². The lowest BCUT2D eigenvalue weighted by molar-refractivity contribution is 0.0943. The molecular weight excluding hydrogens is 409 g/mol. The van der Waals surface area contributed by atoms with Gasteiger partial charge in [-0.15, -0.1) is 0 Å². The fourth-order valence-electron chi connectivity index (χ4n) is 2.92. The number of nitrogens with one attached hydrogen (secondary N) is 1. The van der Waals surface area contributed by atoms with Crippen LogP contribution in [0.3, 0.4) is 0 Å². The first-order chi connectivity index (χ1) is 14.0. The Balaban J connectivity index is 1.71. The average molecular weight is 426 g/mol. The number of hydrogen-bond acceptors (Lipinski definition) is 3. The van der Waals surface area contributed by atoms with Crippen molar-refractivity contribution in [1.82, 2.24) is 15.1 Å². The number of benzene rings is 2. The van der Waals surface area contributed by atoms with E-state index in [1.165, 1.54) is 4.68 Å². The summed E-state index contributed by atoms with van der Waals surface area (Å²) in [5, 5.41) is 8.31. The number of carbonyl (C=O) groups is 1. The van der Waals surface area contributed by atoms with Crippen molar-refractivity contribution < 1.29 is 9.21 Å². The third-order valence-corrected chi connectivity index (χ3v) is 5.12. The van der Waals surface area contributed by atoms with Gasteiger partial charge in [-0.1, -0.05) is 53.5 Å². The predicted molar refractivity (Wildman–Crippen MR) is 114 cm³/mol. The molecule has 1 amide bonds. The second kappa shape index (κ2) is 8.15. The first-order valence-corrected chi connectivity index (χ1v) is 9.71. The van der Waals surface area contributed by atoms with E-state index in [1.54, 1.807) is 24.3 Å². The van der Waals surface area contributed by atoms with Gasteiger partial charge in [-0.3, -0.25) is 4.79 Å². The molecule has 0 aliphatic rings. The van der Waals surface area contributed by atoms with Gasteiger partial charge in [-0.2, -0.15) is 5.10 Å².